The van der Waals surface area contributed by atoms with Gasteiger partial charge in [0.2, 0.25) is 0 Å². The minimum atomic E-state index is -0.434. The van der Waals surface area contributed by atoms with E-state index < -0.39 is 5.82 Å². The SMILES string of the molecule is COc1ccc(-c2n[nH]c(-c3ccccc3)n2)cc1F. The Kier molecular flexibility index (Phi) is 3.16. The Morgan fingerprint density at radius 2 is 1.85 bits per heavy atom. The summed E-state index contributed by atoms with van der Waals surface area (Å²) < 4.78 is 18.6. The second-order valence-corrected chi connectivity index (χ2v) is 4.22. The van der Waals surface area contributed by atoms with E-state index in [1.165, 1.54) is 13.2 Å². The van der Waals surface area contributed by atoms with Crippen molar-refractivity contribution in [2.24, 2.45) is 0 Å². The van der Waals surface area contributed by atoms with Gasteiger partial charge in [0.05, 0.1) is 7.11 Å². The molecule has 1 heterocycles. The molecule has 100 valence electrons. The van der Waals surface area contributed by atoms with Gasteiger partial charge in [0.1, 0.15) is 0 Å². The normalized spacial score (nSPS) is 10.5. The summed E-state index contributed by atoms with van der Waals surface area (Å²) in [6, 6.07) is 14.3. The molecule has 0 saturated carbocycles. The van der Waals surface area contributed by atoms with E-state index in [1.54, 1.807) is 12.1 Å². The van der Waals surface area contributed by atoms with Gasteiger partial charge in [-0.15, -0.1) is 0 Å². The molecule has 2 aromatic carbocycles. The van der Waals surface area contributed by atoms with Crippen molar-refractivity contribution < 1.29 is 9.13 Å². The monoisotopic (exact) mass is 269 g/mol. The first kappa shape index (κ1) is 12.3. The van der Waals surface area contributed by atoms with Crippen molar-refractivity contribution in [1.29, 1.82) is 0 Å². The maximum Gasteiger partial charge on any atom is 0.181 e. The van der Waals surface area contributed by atoms with E-state index in [4.69, 9.17) is 4.74 Å². The molecule has 1 aromatic heterocycles. The summed E-state index contributed by atoms with van der Waals surface area (Å²) in [4.78, 5) is 4.37. The number of hydrogen-bond donors (Lipinski definition) is 1. The van der Waals surface area contributed by atoms with Crippen LogP contribution in [0.3, 0.4) is 0 Å². The molecule has 0 radical (unpaired) electrons. The Labute approximate surface area is 115 Å². The summed E-state index contributed by atoms with van der Waals surface area (Å²) in [5, 5.41) is 6.97. The van der Waals surface area contributed by atoms with Crippen LogP contribution in [0.2, 0.25) is 0 Å². The van der Waals surface area contributed by atoms with Crippen molar-refractivity contribution in [2.75, 3.05) is 7.11 Å². The van der Waals surface area contributed by atoms with Crippen molar-refractivity contribution in [3.05, 3.63) is 54.3 Å². The molecule has 4 nitrogen and oxygen atoms in total. The maximum absolute atomic E-state index is 13.7. The quantitative estimate of drug-likeness (QED) is 0.793. The van der Waals surface area contributed by atoms with E-state index in [0.29, 0.717) is 17.2 Å². The fourth-order valence-electron chi connectivity index (χ4n) is 1.92. The van der Waals surface area contributed by atoms with Crippen LogP contribution in [-0.4, -0.2) is 22.3 Å². The number of aromatic amines is 1. The van der Waals surface area contributed by atoms with Gasteiger partial charge in [-0.05, 0) is 18.2 Å². The second kappa shape index (κ2) is 5.13. The third-order valence-electron chi connectivity index (χ3n) is 2.94. The molecule has 5 heteroatoms. The molecular weight excluding hydrogens is 257 g/mol. The highest BCUT2D eigenvalue weighted by Crippen LogP contribution is 2.24. The second-order valence-electron chi connectivity index (χ2n) is 4.22. The Morgan fingerprint density at radius 1 is 1.05 bits per heavy atom. The van der Waals surface area contributed by atoms with E-state index in [2.05, 4.69) is 15.2 Å². The average Bonchev–Trinajstić information content (AvgIpc) is 2.98. The summed E-state index contributed by atoms with van der Waals surface area (Å²) in [5.74, 6) is 0.867. The highest BCUT2D eigenvalue weighted by molar-refractivity contribution is 5.61. The summed E-state index contributed by atoms with van der Waals surface area (Å²) in [6.45, 7) is 0. The molecule has 0 bridgehead atoms. The predicted molar refractivity (Wildman–Crippen MR) is 73.8 cm³/mol. The molecule has 3 aromatic rings. The fourth-order valence-corrected chi connectivity index (χ4v) is 1.92. The molecule has 0 unspecified atom stereocenters. The van der Waals surface area contributed by atoms with Crippen molar-refractivity contribution >= 4 is 0 Å². The van der Waals surface area contributed by atoms with Gasteiger partial charge in [0.25, 0.3) is 0 Å². The third kappa shape index (κ3) is 2.25. The Bertz CT molecular complexity index is 725. The van der Waals surface area contributed by atoms with Crippen LogP contribution in [0, 0.1) is 5.82 Å². The van der Waals surface area contributed by atoms with Crippen molar-refractivity contribution in [2.45, 2.75) is 0 Å². The van der Waals surface area contributed by atoms with Gasteiger partial charge in [-0.25, -0.2) is 9.37 Å². The number of rotatable bonds is 3. The lowest BCUT2D eigenvalue weighted by Crippen LogP contribution is -1.89. The molecule has 0 atom stereocenters. The minimum absolute atomic E-state index is 0.201. The Hall–Kier alpha value is -2.69. The van der Waals surface area contributed by atoms with Gasteiger partial charge < -0.3 is 4.74 Å². The molecule has 0 saturated heterocycles. The molecule has 0 fully saturated rings. The number of methoxy groups -OCH3 is 1. The van der Waals surface area contributed by atoms with Crippen molar-refractivity contribution in [3.8, 4) is 28.5 Å². The van der Waals surface area contributed by atoms with E-state index in [0.717, 1.165) is 5.56 Å². The van der Waals surface area contributed by atoms with Gasteiger partial charge in [-0.1, -0.05) is 30.3 Å². The number of nitrogens with zero attached hydrogens (tertiary/aromatic N) is 2. The number of halogens is 1. The van der Waals surface area contributed by atoms with Gasteiger partial charge in [0.15, 0.2) is 23.2 Å². The smallest absolute Gasteiger partial charge is 0.181 e. The first-order chi connectivity index (χ1) is 9.78. The van der Waals surface area contributed by atoms with Crippen molar-refractivity contribution in [1.82, 2.24) is 15.2 Å². The van der Waals surface area contributed by atoms with Gasteiger partial charge >= 0.3 is 0 Å². The highest BCUT2D eigenvalue weighted by atomic mass is 19.1. The van der Waals surface area contributed by atoms with Crippen LogP contribution >= 0.6 is 0 Å². The molecule has 1 N–H and O–H groups in total. The number of benzene rings is 2. The van der Waals surface area contributed by atoms with Crippen LogP contribution in [0.4, 0.5) is 4.39 Å². The molecule has 0 amide bonds. The topological polar surface area (TPSA) is 50.8 Å². The number of aromatic nitrogens is 3. The average molecular weight is 269 g/mol. The molecule has 0 spiro atoms. The van der Waals surface area contributed by atoms with Crippen LogP contribution in [0.5, 0.6) is 5.75 Å². The lowest BCUT2D eigenvalue weighted by Gasteiger charge is -2.02. The van der Waals surface area contributed by atoms with E-state index >= 15 is 0 Å². The number of nitrogens with one attached hydrogen (secondary N) is 1. The lowest BCUT2D eigenvalue weighted by molar-refractivity contribution is 0.386. The third-order valence-corrected chi connectivity index (χ3v) is 2.94. The van der Waals surface area contributed by atoms with Gasteiger partial charge in [-0.2, -0.15) is 5.10 Å². The van der Waals surface area contributed by atoms with E-state index in [-0.39, 0.29) is 5.75 Å². The highest BCUT2D eigenvalue weighted by Gasteiger charge is 2.10. The first-order valence-electron chi connectivity index (χ1n) is 6.09. The largest absolute Gasteiger partial charge is 0.494 e. The van der Waals surface area contributed by atoms with Crippen molar-refractivity contribution in [3.63, 3.8) is 0 Å². The van der Waals surface area contributed by atoms with Gasteiger partial charge in [-0.3, -0.25) is 5.10 Å². The Balaban J connectivity index is 1.96. The summed E-state index contributed by atoms with van der Waals surface area (Å²) in [5.41, 5.74) is 1.53. The summed E-state index contributed by atoms with van der Waals surface area (Å²) in [7, 11) is 1.43. The summed E-state index contributed by atoms with van der Waals surface area (Å²) >= 11 is 0. The first-order valence-corrected chi connectivity index (χ1v) is 6.09. The Morgan fingerprint density at radius 3 is 2.55 bits per heavy atom. The van der Waals surface area contributed by atoms with E-state index in [9.17, 15) is 4.39 Å². The minimum Gasteiger partial charge on any atom is -0.494 e. The van der Waals surface area contributed by atoms with Crippen LogP contribution in [0.15, 0.2) is 48.5 Å². The standard InChI is InChI=1S/C15H12FN3O/c1-20-13-8-7-11(9-12(13)16)15-17-14(18-19-15)10-5-3-2-4-6-10/h2-9H,1H3,(H,17,18,19). The number of H-pyrrole nitrogens is 1. The van der Waals surface area contributed by atoms with Crippen LogP contribution in [0.25, 0.3) is 22.8 Å². The molecule has 3 rings (SSSR count). The van der Waals surface area contributed by atoms with Crippen LogP contribution < -0.4 is 4.74 Å². The predicted octanol–water partition coefficient (Wildman–Crippen LogP) is 3.29. The van der Waals surface area contributed by atoms with E-state index in [1.807, 2.05) is 30.3 Å². The van der Waals surface area contributed by atoms with Crippen LogP contribution in [-0.2, 0) is 0 Å². The molecule has 0 aliphatic heterocycles. The summed E-state index contributed by atoms with van der Waals surface area (Å²) in [6.07, 6.45) is 0. The zero-order valence-corrected chi connectivity index (χ0v) is 10.8. The zero-order chi connectivity index (χ0) is 13.9. The maximum atomic E-state index is 13.7. The molecule has 0 aliphatic carbocycles. The molecule has 20 heavy (non-hydrogen) atoms. The van der Waals surface area contributed by atoms with Crippen LogP contribution in [0.1, 0.15) is 0 Å². The number of hydrogen-bond acceptors (Lipinski definition) is 3. The lowest BCUT2D eigenvalue weighted by atomic mass is 10.2. The molecular formula is C15H12FN3O. The number of ether oxygens (including phenoxy) is 1. The fraction of sp³-hybridized carbons (Fsp3) is 0.0667. The zero-order valence-electron chi connectivity index (χ0n) is 10.8. The van der Waals surface area contributed by atoms with Gasteiger partial charge in [0, 0.05) is 11.1 Å². The molecule has 0 aliphatic rings.